The molecule has 1 unspecified atom stereocenters. The first-order valence-corrected chi connectivity index (χ1v) is 4.69. The van der Waals surface area contributed by atoms with Gasteiger partial charge in [-0.1, -0.05) is 23.7 Å². The van der Waals surface area contributed by atoms with Gasteiger partial charge in [0, 0.05) is 17.7 Å². The van der Waals surface area contributed by atoms with Crippen molar-refractivity contribution in [2.45, 2.75) is 12.5 Å². The third kappa shape index (κ3) is 2.99. The van der Waals surface area contributed by atoms with Gasteiger partial charge in [0.15, 0.2) is 0 Å². The van der Waals surface area contributed by atoms with Gasteiger partial charge in [0.1, 0.15) is 0 Å². The monoisotopic (exact) mass is 199 g/mol. The number of rotatable bonds is 4. The van der Waals surface area contributed by atoms with E-state index in [0.717, 1.165) is 10.6 Å². The maximum atomic E-state index is 8.83. The van der Waals surface area contributed by atoms with Gasteiger partial charge in [0.2, 0.25) is 0 Å². The van der Waals surface area contributed by atoms with E-state index >= 15 is 0 Å². The molecule has 0 saturated heterocycles. The van der Waals surface area contributed by atoms with Crippen LogP contribution in [0.25, 0.3) is 0 Å². The Morgan fingerprint density at radius 3 is 2.85 bits per heavy atom. The molecule has 0 spiro atoms. The molecule has 1 rings (SSSR count). The van der Waals surface area contributed by atoms with Crippen molar-refractivity contribution >= 4 is 11.6 Å². The Morgan fingerprint density at radius 1 is 1.54 bits per heavy atom. The van der Waals surface area contributed by atoms with Crippen LogP contribution in [-0.4, -0.2) is 18.8 Å². The van der Waals surface area contributed by atoms with Crippen LogP contribution in [0.15, 0.2) is 24.3 Å². The molecule has 72 valence electrons. The number of aliphatic hydroxyl groups excluding tert-OH is 1. The van der Waals surface area contributed by atoms with Crippen molar-refractivity contribution in [3.8, 4) is 0 Å². The molecule has 1 atom stereocenters. The lowest BCUT2D eigenvalue weighted by atomic mass is 10.0. The number of nitrogens with one attached hydrogen (secondary N) is 1. The first-order chi connectivity index (χ1) is 6.27. The smallest absolute Gasteiger partial charge is 0.0449 e. The molecular formula is C10H14ClNO. The number of benzene rings is 1. The predicted octanol–water partition coefficient (Wildman–Crippen LogP) is 1.98. The average Bonchev–Trinajstić information content (AvgIpc) is 2.14. The van der Waals surface area contributed by atoms with Crippen molar-refractivity contribution in [2.24, 2.45) is 0 Å². The summed E-state index contributed by atoms with van der Waals surface area (Å²) in [6, 6.07) is 7.86. The van der Waals surface area contributed by atoms with Gasteiger partial charge in [0.05, 0.1) is 0 Å². The van der Waals surface area contributed by atoms with E-state index < -0.39 is 0 Å². The molecular weight excluding hydrogens is 186 g/mol. The largest absolute Gasteiger partial charge is 0.396 e. The fraction of sp³-hybridized carbons (Fsp3) is 0.400. The quantitative estimate of drug-likeness (QED) is 0.778. The summed E-state index contributed by atoms with van der Waals surface area (Å²) in [6.07, 6.45) is 0.705. The van der Waals surface area contributed by atoms with Crippen molar-refractivity contribution in [3.63, 3.8) is 0 Å². The van der Waals surface area contributed by atoms with Gasteiger partial charge in [0.25, 0.3) is 0 Å². The summed E-state index contributed by atoms with van der Waals surface area (Å²) >= 11 is 5.86. The second kappa shape index (κ2) is 5.22. The summed E-state index contributed by atoms with van der Waals surface area (Å²) in [5.41, 5.74) is 1.11. The van der Waals surface area contributed by atoms with Gasteiger partial charge in [-0.3, -0.25) is 0 Å². The molecule has 0 aromatic heterocycles. The van der Waals surface area contributed by atoms with Crippen molar-refractivity contribution < 1.29 is 5.11 Å². The van der Waals surface area contributed by atoms with E-state index in [-0.39, 0.29) is 12.6 Å². The molecule has 3 heteroatoms. The Kier molecular flexibility index (Phi) is 4.22. The second-order valence-corrected chi connectivity index (χ2v) is 3.34. The van der Waals surface area contributed by atoms with E-state index in [0.29, 0.717) is 6.42 Å². The summed E-state index contributed by atoms with van der Waals surface area (Å²) < 4.78 is 0. The van der Waals surface area contributed by atoms with E-state index in [1.807, 2.05) is 31.3 Å². The SMILES string of the molecule is CNC(CCO)c1cccc(Cl)c1. The van der Waals surface area contributed by atoms with Crippen LogP contribution in [0, 0.1) is 0 Å². The van der Waals surface area contributed by atoms with Crippen LogP contribution in [0.5, 0.6) is 0 Å². The number of hydrogen-bond acceptors (Lipinski definition) is 2. The molecule has 13 heavy (non-hydrogen) atoms. The molecule has 0 aliphatic heterocycles. The Labute approximate surface area is 83.5 Å². The van der Waals surface area contributed by atoms with Crippen LogP contribution in [0.2, 0.25) is 5.02 Å². The van der Waals surface area contributed by atoms with E-state index in [9.17, 15) is 0 Å². The van der Waals surface area contributed by atoms with Crippen LogP contribution in [0.3, 0.4) is 0 Å². The molecule has 0 fully saturated rings. The van der Waals surface area contributed by atoms with Crippen LogP contribution in [-0.2, 0) is 0 Å². The Morgan fingerprint density at radius 2 is 2.31 bits per heavy atom. The van der Waals surface area contributed by atoms with E-state index in [1.165, 1.54) is 0 Å². The first kappa shape index (κ1) is 10.5. The predicted molar refractivity (Wildman–Crippen MR) is 55.0 cm³/mol. The van der Waals surface area contributed by atoms with Gasteiger partial charge in [-0.15, -0.1) is 0 Å². The molecule has 0 radical (unpaired) electrons. The Hall–Kier alpha value is -0.570. The molecule has 1 aromatic rings. The zero-order valence-corrected chi connectivity index (χ0v) is 8.38. The van der Waals surface area contributed by atoms with Gasteiger partial charge in [-0.2, -0.15) is 0 Å². The average molecular weight is 200 g/mol. The molecule has 2 N–H and O–H groups in total. The summed E-state index contributed by atoms with van der Waals surface area (Å²) in [5, 5.41) is 12.7. The minimum Gasteiger partial charge on any atom is -0.396 e. The summed E-state index contributed by atoms with van der Waals surface area (Å²) in [4.78, 5) is 0. The van der Waals surface area contributed by atoms with Crippen molar-refractivity contribution in [2.75, 3.05) is 13.7 Å². The minimum atomic E-state index is 0.179. The zero-order chi connectivity index (χ0) is 9.68. The van der Waals surface area contributed by atoms with Crippen molar-refractivity contribution in [1.82, 2.24) is 5.32 Å². The number of aliphatic hydroxyl groups is 1. The Bertz CT molecular complexity index is 265. The molecule has 1 aromatic carbocycles. The van der Waals surface area contributed by atoms with E-state index in [4.69, 9.17) is 16.7 Å². The highest BCUT2D eigenvalue weighted by atomic mass is 35.5. The zero-order valence-electron chi connectivity index (χ0n) is 7.63. The number of halogens is 1. The summed E-state index contributed by atoms with van der Waals surface area (Å²) in [7, 11) is 1.88. The van der Waals surface area contributed by atoms with Crippen LogP contribution in [0.4, 0.5) is 0 Å². The lowest BCUT2D eigenvalue weighted by Gasteiger charge is -2.15. The highest BCUT2D eigenvalue weighted by molar-refractivity contribution is 6.30. The fourth-order valence-electron chi connectivity index (χ4n) is 1.33. The van der Waals surface area contributed by atoms with Crippen LogP contribution >= 0.6 is 11.6 Å². The molecule has 0 aliphatic carbocycles. The van der Waals surface area contributed by atoms with Gasteiger partial charge in [-0.05, 0) is 31.2 Å². The minimum absolute atomic E-state index is 0.179. The highest BCUT2D eigenvalue weighted by Gasteiger charge is 2.07. The molecule has 0 amide bonds. The van der Waals surface area contributed by atoms with Gasteiger partial charge in [-0.25, -0.2) is 0 Å². The maximum Gasteiger partial charge on any atom is 0.0449 e. The lowest BCUT2D eigenvalue weighted by Crippen LogP contribution is -2.17. The first-order valence-electron chi connectivity index (χ1n) is 4.31. The molecule has 2 nitrogen and oxygen atoms in total. The molecule has 0 heterocycles. The Balaban J connectivity index is 2.78. The van der Waals surface area contributed by atoms with Gasteiger partial charge < -0.3 is 10.4 Å². The second-order valence-electron chi connectivity index (χ2n) is 2.91. The third-order valence-electron chi connectivity index (χ3n) is 2.02. The summed E-state index contributed by atoms with van der Waals surface area (Å²) in [5.74, 6) is 0. The van der Waals surface area contributed by atoms with E-state index in [1.54, 1.807) is 0 Å². The van der Waals surface area contributed by atoms with Crippen molar-refractivity contribution in [3.05, 3.63) is 34.9 Å². The maximum absolute atomic E-state index is 8.83. The molecule has 0 bridgehead atoms. The normalized spacial score (nSPS) is 12.8. The standard InChI is InChI=1S/C10H14ClNO/c1-12-10(5-6-13)8-3-2-4-9(11)7-8/h2-4,7,10,12-13H,5-6H2,1H3. The van der Waals surface area contributed by atoms with Crippen molar-refractivity contribution in [1.29, 1.82) is 0 Å². The van der Waals surface area contributed by atoms with Crippen LogP contribution < -0.4 is 5.32 Å². The van der Waals surface area contributed by atoms with E-state index in [2.05, 4.69) is 5.32 Å². The third-order valence-corrected chi connectivity index (χ3v) is 2.25. The lowest BCUT2D eigenvalue weighted by molar-refractivity contribution is 0.269. The van der Waals surface area contributed by atoms with Crippen LogP contribution in [0.1, 0.15) is 18.0 Å². The number of hydrogen-bond donors (Lipinski definition) is 2. The summed E-state index contributed by atoms with van der Waals surface area (Å²) in [6.45, 7) is 0.179. The van der Waals surface area contributed by atoms with Gasteiger partial charge >= 0.3 is 0 Å². The topological polar surface area (TPSA) is 32.3 Å². The molecule has 0 saturated carbocycles. The molecule has 0 aliphatic rings. The fourth-order valence-corrected chi connectivity index (χ4v) is 1.53. The highest BCUT2D eigenvalue weighted by Crippen LogP contribution is 2.19.